The van der Waals surface area contributed by atoms with Gasteiger partial charge in [0, 0.05) is 10.6 Å². The van der Waals surface area contributed by atoms with Gasteiger partial charge in [0.05, 0.1) is 19.2 Å². The van der Waals surface area contributed by atoms with E-state index >= 15 is 0 Å². The van der Waals surface area contributed by atoms with E-state index in [9.17, 15) is 4.79 Å². The summed E-state index contributed by atoms with van der Waals surface area (Å²) in [5.41, 5.74) is 0.655. The van der Waals surface area contributed by atoms with Crippen LogP contribution >= 0.6 is 11.8 Å². The van der Waals surface area contributed by atoms with Gasteiger partial charge in [0.1, 0.15) is 7.11 Å². The van der Waals surface area contributed by atoms with E-state index < -0.39 is 0 Å². The smallest absolute Gasteiger partial charge is 0.311 e. The third kappa shape index (κ3) is 4.49. The van der Waals surface area contributed by atoms with Gasteiger partial charge in [-0.25, -0.2) is 0 Å². The third-order valence-corrected chi connectivity index (χ3v) is 3.99. The van der Waals surface area contributed by atoms with Crippen molar-refractivity contribution in [2.45, 2.75) is 11.3 Å². The van der Waals surface area contributed by atoms with Crippen LogP contribution in [0.1, 0.15) is 6.42 Å². The van der Waals surface area contributed by atoms with Crippen LogP contribution in [0.2, 0.25) is 0 Å². The van der Waals surface area contributed by atoms with Crippen molar-refractivity contribution < 1.29 is 14.4 Å². The van der Waals surface area contributed by atoms with E-state index in [0.29, 0.717) is 11.5 Å². The first-order valence-electron chi connectivity index (χ1n) is 6.50. The topological polar surface area (TPSA) is 47.9 Å². The van der Waals surface area contributed by atoms with E-state index in [1.54, 1.807) is 11.8 Å². The number of carbonyl (C=O) groups excluding carboxylic acids is 1. The molecule has 0 heterocycles. The van der Waals surface area contributed by atoms with E-state index in [-0.39, 0.29) is 12.4 Å². The molecule has 4 nitrogen and oxygen atoms in total. The summed E-state index contributed by atoms with van der Waals surface area (Å²) in [4.78, 5) is 17.2. The Hall–Kier alpha value is -2.01. The standard InChI is InChI=1S/C16H17NO3S/c1-19-16(18)10-14(17-20-2)11-21-15-8-7-12-5-3-4-6-13(12)9-15/h3-9H,10-11H2,1-2H3/b17-14+. The van der Waals surface area contributed by atoms with Gasteiger partial charge in [-0.05, 0) is 22.9 Å². The van der Waals surface area contributed by atoms with Crippen molar-refractivity contribution in [3.8, 4) is 0 Å². The molecule has 2 rings (SSSR count). The number of carbonyl (C=O) groups is 1. The maximum Gasteiger partial charge on any atom is 0.311 e. The lowest BCUT2D eigenvalue weighted by atomic mass is 10.1. The number of benzene rings is 2. The van der Waals surface area contributed by atoms with Crippen LogP contribution < -0.4 is 0 Å². The molecule has 0 fully saturated rings. The quantitative estimate of drug-likeness (QED) is 0.355. The average Bonchev–Trinajstić information content (AvgIpc) is 2.52. The molecule has 0 aliphatic heterocycles. The number of fused-ring (bicyclic) bond motifs is 1. The molecule has 0 spiro atoms. The average molecular weight is 303 g/mol. The van der Waals surface area contributed by atoms with E-state index in [4.69, 9.17) is 4.84 Å². The second kappa shape index (κ2) is 7.69. The van der Waals surface area contributed by atoms with E-state index in [0.717, 1.165) is 4.90 Å². The van der Waals surface area contributed by atoms with E-state index in [2.05, 4.69) is 40.2 Å². The van der Waals surface area contributed by atoms with Crippen LogP contribution in [0.5, 0.6) is 0 Å². The molecule has 110 valence electrons. The van der Waals surface area contributed by atoms with Gasteiger partial charge in [-0.1, -0.05) is 35.5 Å². The molecule has 0 aromatic heterocycles. The van der Waals surface area contributed by atoms with Crippen LogP contribution in [-0.4, -0.2) is 31.7 Å². The Bertz CT molecular complexity index is 655. The number of methoxy groups -OCH3 is 1. The Kier molecular flexibility index (Phi) is 5.63. The summed E-state index contributed by atoms with van der Waals surface area (Å²) < 4.78 is 4.65. The molecule has 0 aliphatic carbocycles. The van der Waals surface area contributed by atoms with Crippen molar-refractivity contribution in [1.82, 2.24) is 0 Å². The molecule has 2 aromatic rings. The maximum atomic E-state index is 11.3. The van der Waals surface area contributed by atoms with Crippen molar-refractivity contribution in [2.24, 2.45) is 5.16 Å². The third-order valence-electron chi connectivity index (χ3n) is 2.92. The second-order valence-electron chi connectivity index (χ2n) is 4.39. The van der Waals surface area contributed by atoms with Gasteiger partial charge in [-0.3, -0.25) is 4.79 Å². The molecule has 0 bridgehead atoms. The Morgan fingerprint density at radius 1 is 1.14 bits per heavy atom. The van der Waals surface area contributed by atoms with E-state index in [1.807, 2.05) is 12.1 Å². The summed E-state index contributed by atoms with van der Waals surface area (Å²) in [5.74, 6) is 0.270. The lowest BCUT2D eigenvalue weighted by Crippen LogP contribution is -2.12. The van der Waals surface area contributed by atoms with Gasteiger partial charge in [0.15, 0.2) is 0 Å². The van der Waals surface area contributed by atoms with Crippen molar-refractivity contribution in [3.63, 3.8) is 0 Å². The van der Waals surface area contributed by atoms with Crippen LogP contribution in [-0.2, 0) is 14.4 Å². The molecule has 5 heteroatoms. The fourth-order valence-electron chi connectivity index (χ4n) is 1.90. The van der Waals surface area contributed by atoms with Crippen molar-refractivity contribution in [3.05, 3.63) is 42.5 Å². The molecule has 0 N–H and O–H groups in total. The molecule has 0 amide bonds. The van der Waals surface area contributed by atoms with Gasteiger partial charge in [-0.2, -0.15) is 0 Å². The molecule has 0 saturated heterocycles. The molecule has 0 radical (unpaired) electrons. The molecule has 21 heavy (non-hydrogen) atoms. The molecule has 2 aromatic carbocycles. The van der Waals surface area contributed by atoms with Crippen molar-refractivity contribution in [2.75, 3.05) is 20.0 Å². The first-order valence-corrected chi connectivity index (χ1v) is 7.49. The van der Waals surface area contributed by atoms with Crippen LogP contribution in [0.15, 0.2) is 52.5 Å². The predicted octanol–water partition coefficient (Wildman–Crippen LogP) is 3.50. The van der Waals surface area contributed by atoms with Crippen molar-refractivity contribution in [1.29, 1.82) is 0 Å². The van der Waals surface area contributed by atoms with Crippen molar-refractivity contribution >= 4 is 34.2 Å². The number of esters is 1. The highest BCUT2D eigenvalue weighted by atomic mass is 32.2. The second-order valence-corrected chi connectivity index (χ2v) is 5.44. The number of oxime groups is 1. The lowest BCUT2D eigenvalue weighted by molar-refractivity contribution is -0.139. The Morgan fingerprint density at radius 3 is 2.62 bits per heavy atom. The normalized spacial score (nSPS) is 11.4. The summed E-state index contributed by atoms with van der Waals surface area (Å²) in [7, 11) is 2.83. The minimum absolute atomic E-state index is 0.144. The first kappa shape index (κ1) is 15.4. The van der Waals surface area contributed by atoms with Crippen LogP contribution in [0.4, 0.5) is 0 Å². The first-order chi connectivity index (χ1) is 10.2. The Morgan fingerprint density at radius 2 is 1.90 bits per heavy atom. The summed E-state index contributed by atoms with van der Waals surface area (Å²) >= 11 is 1.62. The molecule has 0 saturated carbocycles. The largest absolute Gasteiger partial charge is 0.469 e. The summed E-state index contributed by atoms with van der Waals surface area (Å²) in [5, 5.41) is 6.29. The highest BCUT2D eigenvalue weighted by molar-refractivity contribution is 8.00. The zero-order valence-corrected chi connectivity index (χ0v) is 12.9. The van der Waals surface area contributed by atoms with Crippen LogP contribution in [0.25, 0.3) is 10.8 Å². The molecular weight excluding hydrogens is 286 g/mol. The fraction of sp³-hybridized carbons (Fsp3) is 0.250. The SMILES string of the molecule is CO/N=C(/CSc1ccc2ccccc2c1)CC(=O)OC. The number of hydrogen-bond donors (Lipinski definition) is 0. The molecule has 0 atom stereocenters. The van der Waals surface area contributed by atoms with Gasteiger partial charge in [-0.15, -0.1) is 11.8 Å². The Balaban J connectivity index is 2.05. The molecular formula is C16H17NO3S. The number of ether oxygens (including phenoxy) is 1. The number of rotatable bonds is 6. The van der Waals surface area contributed by atoms with Gasteiger partial charge >= 0.3 is 5.97 Å². The highest BCUT2D eigenvalue weighted by Crippen LogP contribution is 2.24. The summed E-state index contributed by atoms with van der Waals surface area (Å²) in [6.45, 7) is 0. The zero-order chi connectivity index (χ0) is 15.1. The molecule has 0 aliphatic rings. The zero-order valence-electron chi connectivity index (χ0n) is 12.0. The van der Waals surface area contributed by atoms with Gasteiger partial charge in [0.2, 0.25) is 0 Å². The number of thioether (sulfide) groups is 1. The molecule has 0 unspecified atom stereocenters. The van der Waals surface area contributed by atoms with Crippen LogP contribution in [0.3, 0.4) is 0 Å². The minimum Gasteiger partial charge on any atom is -0.469 e. The van der Waals surface area contributed by atoms with Gasteiger partial charge < -0.3 is 9.57 Å². The predicted molar refractivity (Wildman–Crippen MR) is 85.7 cm³/mol. The van der Waals surface area contributed by atoms with Gasteiger partial charge in [0.25, 0.3) is 0 Å². The van der Waals surface area contributed by atoms with E-state index in [1.165, 1.54) is 25.0 Å². The number of hydrogen-bond acceptors (Lipinski definition) is 5. The number of nitrogens with zero attached hydrogens (tertiary/aromatic N) is 1. The summed E-state index contributed by atoms with van der Waals surface area (Å²) in [6, 6.07) is 14.5. The maximum absolute atomic E-state index is 11.3. The minimum atomic E-state index is -0.315. The van der Waals surface area contributed by atoms with Crippen LogP contribution in [0, 0.1) is 0 Å². The lowest BCUT2D eigenvalue weighted by Gasteiger charge is -2.06. The Labute approximate surface area is 128 Å². The fourth-order valence-corrected chi connectivity index (χ4v) is 2.76. The monoisotopic (exact) mass is 303 g/mol. The summed E-state index contributed by atoms with van der Waals surface area (Å²) in [6.07, 6.45) is 0.144. The highest BCUT2D eigenvalue weighted by Gasteiger charge is 2.09.